The van der Waals surface area contributed by atoms with Crippen LogP contribution in [0.5, 0.6) is 5.75 Å². The molecule has 4 aromatic rings. The number of hydrogen-bond donors (Lipinski definition) is 1. The van der Waals surface area contributed by atoms with Crippen molar-refractivity contribution in [3.05, 3.63) is 83.8 Å². The zero-order valence-electron chi connectivity index (χ0n) is 20.8. The molecule has 1 saturated heterocycles. The molecule has 1 N–H and O–H groups in total. The number of carbonyl (C=O) groups is 1. The summed E-state index contributed by atoms with van der Waals surface area (Å²) in [6, 6.07) is 18.0. The Hall–Kier alpha value is -3.63. The lowest BCUT2D eigenvalue weighted by Gasteiger charge is -2.14. The van der Waals surface area contributed by atoms with Gasteiger partial charge in [0.05, 0.1) is 12.9 Å². The van der Waals surface area contributed by atoms with Gasteiger partial charge in [-0.15, -0.1) is 10.2 Å². The van der Waals surface area contributed by atoms with Gasteiger partial charge in [-0.05, 0) is 55.8 Å². The summed E-state index contributed by atoms with van der Waals surface area (Å²) < 4.78 is 12.9. The monoisotopic (exact) mass is 518 g/mol. The molecule has 2 aromatic heterocycles. The van der Waals surface area contributed by atoms with Crippen LogP contribution in [0.1, 0.15) is 40.6 Å². The van der Waals surface area contributed by atoms with E-state index in [1.807, 2.05) is 47.0 Å². The summed E-state index contributed by atoms with van der Waals surface area (Å²) >= 11 is 1.46. The van der Waals surface area contributed by atoms with Gasteiger partial charge < -0.3 is 19.4 Å². The van der Waals surface area contributed by atoms with Crippen molar-refractivity contribution >= 4 is 17.7 Å². The number of amides is 1. The molecule has 192 valence electrons. The largest absolute Gasteiger partial charge is 0.497 e. The lowest BCUT2D eigenvalue weighted by atomic mass is 10.1. The van der Waals surface area contributed by atoms with Gasteiger partial charge in [0.1, 0.15) is 17.8 Å². The fraction of sp³-hybridized carbons (Fsp3) is 0.333. The van der Waals surface area contributed by atoms with Gasteiger partial charge in [-0.2, -0.15) is 0 Å². The van der Waals surface area contributed by atoms with Gasteiger partial charge in [0.2, 0.25) is 5.89 Å². The first-order valence-corrected chi connectivity index (χ1v) is 13.4. The molecule has 3 heterocycles. The van der Waals surface area contributed by atoms with E-state index in [1.54, 1.807) is 7.11 Å². The van der Waals surface area contributed by atoms with Crippen LogP contribution in [0.25, 0.3) is 5.69 Å². The minimum atomic E-state index is -0.217. The molecule has 10 heteroatoms. The quantitative estimate of drug-likeness (QED) is 0.298. The van der Waals surface area contributed by atoms with Gasteiger partial charge in [0.15, 0.2) is 10.9 Å². The van der Waals surface area contributed by atoms with Gasteiger partial charge in [-0.1, -0.05) is 42.1 Å². The van der Waals surface area contributed by atoms with Crippen LogP contribution < -0.4 is 10.1 Å². The Morgan fingerprint density at radius 2 is 1.86 bits per heavy atom. The Labute approximate surface area is 220 Å². The predicted molar refractivity (Wildman–Crippen MR) is 141 cm³/mol. The minimum Gasteiger partial charge on any atom is -0.497 e. The minimum absolute atomic E-state index is 0.217. The Morgan fingerprint density at radius 3 is 2.62 bits per heavy atom. The van der Waals surface area contributed by atoms with E-state index >= 15 is 0 Å². The molecule has 37 heavy (non-hydrogen) atoms. The SMILES string of the molecule is COc1ccc(-n2c(Cc3ccccc3)nnc2SCc2nc(C(=O)NCCN3CCCC3)co2)cc1. The number of benzene rings is 2. The van der Waals surface area contributed by atoms with Crippen molar-refractivity contribution in [2.75, 3.05) is 33.3 Å². The summed E-state index contributed by atoms with van der Waals surface area (Å²) in [5.74, 6) is 2.26. The second kappa shape index (κ2) is 12.1. The van der Waals surface area contributed by atoms with E-state index in [-0.39, 0.29) is 5.91 Å². The van der Waals surface area contributed by atoms with Crippen LogP contribution in [0.4, 0.5) is 0 Å². The maximum absolute atomic E-state index is 12.5. The Bertz CT molecular complexity index is 1300. The van der Waals surface area contributed by atoms with E-state index in [9.17, 15) is 4.79 Å². The summed E-state index contributed by atoms with van der Waals surface area (Å²) in [4.78, 5) is 19.2. The number of thioether (sulfide) groups is 1. The van der Waals surface area contributed by atoms with Crippen molar-refractivity contribution in [2.24, 2.45) is 0 Å². The molecule has 1 amide bonds. The van der Waals surface area contributed by atoms with Gasteiger partial charge in [0.25, 0.3) is 5.91 Å². The average molecular weight is 519 g/mol. The number of methoxy groups -OCH3 is 1. The number of aromatic nitrogens is 4. The fourth-order valence-corrected chi connectivity index (χ4v) is 5.13. The summed E-state index contributed by atoms with van der Waals surface area (Å²) in [6.45, 7) is 3.67. The lowest BCUT2D eigenvalue weighted by Crippen LogP contribution is -2.33. The van der Waals surface area contributed by atoms with Gasteiger partial charge >= 0.3 is 0 Å². The zero-order chi connectivity index (χ0) is 25.5. The highest BCUT2D eigenvalue weighted by molar-refractivity contribution is 7.98. The molecule has 0 radical (unpaired) electrons. The topological polar surface area (TPSA) is 98.3 Å². The molecule has 1 aliphatic rings. The highest BCUT2D eigenvalue weighted by Gasteiger charge is 2.18. The first kappa shape index (κ1) is 25.0. The third-order valence-electron chi connectivity index (χ3n) is 6.26. The summed E-state index contributed by atoms with van der Waals surface area (Å²) in [7, 11) is 1.65. The van der Waals surface area contributed by atoms with E-state index in [4.69, 9.17) is 9.15 Å². The number of ether oxygens (including phenoxy) is 1. The van der Waals surface area contributed by atoms with Crippen molar-refractivity contribution in [3.8, 4) is 11.4 Å². The number of nitrogens with one attached hydrogen (secondary N) is 1. The molecule has 2 aromatic carbocycles. The molecular weight excluding hydrogens is 488 g/mol. The van der Waals surface area contributed by atoms with E-state index in [0.717, 1.165) is 42.5 Å². The van der Waals surface area contributed by atoms with Crippen LogP contribution in [0.15, 0.2) is 70.4 Å². The second-order valence-electron chi connectivity index (χ2n) is 8.81. The number of carbonyl (C=O) groups excluding carboxylic acids is 1. The van der Waals surface area contributed by atoms with Crippen molar-refractivity contribution in [2.45, 2.75) is 30.2 Å². The number of oxazole rings is 1. The molecule has 0 aliphatic carbocycles. The molecule has 1 fully saturated rings. The van der Waals surface area contributed by atoms with E-state index in [2.05, 4.69) is 37.5 Å². The van der Waals surface area contributed by atoms with Crippen LogP contribution >= 0.6 is 11.8 Å². The second-order valence-corrected chi connectivity index (χ2v) is 9.76. The van der Waals surface area contributed by atoms with Crippen LogP contribution in [0.3, 0.4) is 0 Å². The standard InChI is InChI=1S/C27H30N6O3S/c1-35-22-11-9-21(10-12-22)33-24(17-20-7-3-2-4-8-20)30-31-27(33)37-19-25-29-23(18-36-25)26(34)28-13-16-32-14-5-6-15-32/h2-4,7-12,18H,5-6,13-17,19H2,1H3,(H,28,34). The van der Waals surface area contributed by atoms with Gasteiger partial charge in [0, 0.05) is 25.2 Å². The van der Waals surface area contributed by atoms with Gasteiger partial charge in [-0.25, -0.2) is 4.98 Å². The van der Waals surface area contributed by atoms with Crippen molar-refractivity contribution in [3.63, 3.8) is 0 Å². The van der Waals surface area contributed by atoms with E-state index < -0.39 is 0 Å². The van der Waals surface area contributed by atoms with E-state index in [1.165, 1.54) is 30.9 Å². The highest BCUT2D eigenvalue weighted by atomic mass is 32.2. The molecule has 0 spiro atoms. The number of nitrogens with zero attached hydrogens (tertiary/aromatic N) is 5. The normalized spacial score (nSPS) is 13.6. The molecule has 5 rings (SSSR count). The van der Waals surface area contributed by atoms with Crippen LogP contribution in [0.2, 0.25) is 0 Å². The lowest BCUT2D eigenvalue weighted by molar-refractivity contribution is 0.0944. The smallest absolute Gasteiger partial charge is 0.273 e. The third kappa shape index (κ3) is 6.39. The van der Waals surface area contributed by atoms with Crippen molar-refractivity contribution in [1.82, 2.24) is 30.0 Å². The van der Waals surface area contributed by atoms with Crippen LogP contribution in [-0.2, 0) is 12.2 Å². The van der Waals surface area contributed by atoms with Gasteiger partial charge in [-0.3, -0.25) is 9.36 Å². The maximum Gasteiger partial charge on any atom is 0.273 e. The Kier molecular flexibility index (Phi) is 8.17. The summed E-state index contributed by atoms with van der Waals surface area (Å²) in [5, 5.41) is 12.6. The Balaban J connectivity index is 1.26. The number of rotatable bonds is 11. The highest BCUT2D eigenvalue weighted by Crippen LogP contribution is 2.27. The fourth-order valence-electron chi connectivity index (χ4n) is 4.31. The molecular formula is C27H30N6O3S. The van der Waals surface area contributed by atoms with E-state index in [0.29, 0.717) is 35.5 Å². The van der Waals surface area contributed by atoms with Crippen LogP contribution in [-0.4, -0.2) is 63.8 Å². The molecule has 9 nitrogen and oxygen atoms in total. The molecule has 1 aliphatic heterocycles. The third-order valence-corrected chi connectivity index (χ3v) is 7.17. The maximum atomic E-state index is 12.5. The molecule has 0 unspecified atom stereocenters. The van der Waals surface area contributed by atoms with Crippen molar-refractivity contribution in [1.29, 1.82) is 0 Å². The number of likely N-dealkylation sites (tertiary alicyclic amines) is 1. The Morgan fingerprint density at radius 1 is 1.08 bits per heavy atom. The average Bonchev–Trinajstić information content (AvgIpc) is 3.70. The number of hydrogen-bond acceptors (Lipinski definition) is 8. The zero-order valence-corrected chi connectivity index (χ0v) is 21.6. The van der Waals surface area contributed by atoms with Crippen LogP contribution in [0, 0.1) is 0 Å². The molecule has 0 bridgehead atoms. The first-order chi connectivity index (χ1) is 18.2. The molecule has 0 saturated carbocycles. The summed E-state index contributed by atoms with van der Waals surface area (Å²) in [6.07, 6.45) is 4.52. The van der Waals surface area contributed by atoms with Crippen molar-refractivity contribution < 1.29 is 13.9 Å². The first-order valence-electron chi connectivity index (χ1n) is 12.4. The predicted octanol–water partition coefficient (Wildman–Crippen LogP) is 3.97. The molecule has 0 atom stereocenters. The summed E-state index contributed by atoms with van der Waals surface area (Å²) in [5.41, 5.74) is 2.37.